The molecule has 1 aromatic carbocycles. The Labute approximate surface area is 211 Å². The molecule has 0 atom stereocenters. The number of anilines is 1. The first-order valence-corrected chi connectivity index (χ1v) is 14.5. The molecule has 0 radical (unpaired) electrons. The Kier molecular flexibility index (Phi) is 8.53. The maximum absolute atomic E-state index is 12.7. The van der Waals surface area contributed by atoms with Gasteiger partial charge >= 0.3 is 15.7 Å². The smallest absolute Gasteiger partial charge is 0.345 e. The Bertz CT molecular complexity index is 1540. The highest BCUT2D eigenvalue weighted by Crippen LogP contribution is 2.37. The predicted octanol–water partition coefficient (Wildman–Crippen LogP) is 2.39. The number of hydrogen-bond donors (Lipinski definition) is 4. The van der Waals surface area contributed by atoms with E-state index in [2.05, 4.69) is 10.3 Å². The number of fused-ring (bicyclic) bond motifs is 1. The van der Waals surface area contributed by atoms with Crippen LogP contribution in [0, 0.1) is 0 Å². The van der Waals surface area contributed by atoms with Crippen LogP contribution in [0.3, 0.4) is 0 Å². The Morgan fingerprint density at radius 2 is 1.81 bits per heavy atom. The largest absolute Gasteiger partial charge is 0.422 e. The second-order valence-corrected chi connectivity index (χ2v) is 11.9. The minimum Gasteiger partial charge on any atom is -0.422 e. The molecular formula is C21H25N3O9S3. The molecule has 2 aromatic heterocycles. The number of benzene rings is 1. The molecule has 2 heterocycles. The van der Waals surface area contributed by atoms with E-state index in [4.69, 9.17) is 10.3 Å². The van der Waals surface area contributed by atoms with Gasteiger partial charge < -0.3 is 9.32 Å². The number of hydrogen-bond acceptors (Lipinski definition) is 10. The fourth-order valence-electron chi connectivity index (χ4n) is 3.62. The summed E-state index contributed by atoms with van der Waals surface area (Å²) in [6.07, 6.45) is 2.68. The molecular weight excluding hydrogens is 534 g/mol. The van der Waals surface area contributed by atoms with E-state index in [-0.39, 0.29) is 21.9 Å². The minimum absolute atomic E-state index is 0.216. The molecule has 0 aliphatic heterocycles. The van der Waals surface area contributed by atoms with Crippen LogP contribution in [0.25, 0.3) is 21.4 Å². The Balaban J connectivity index is 1.92. The van der Waals surface area contributed by atoms with Crippen molar-refractivity contribution in [2.75, 3.05) is 18.0 Å². The van der Waals surface area contributed by atoms with Crippen LogP contribution in [0.4, 0.5) is 5.69 Å². The lowest BCUT2D eigenvalue weighted by atomic mass is 10.1. The third-order valence-electron chi connectivity index (χ3n) is 5.41. The van der Waals surface area contributed by atoms with Crippen LogP contribution in [0.15, 0.2) is 48.6 Å². The molecule has 3 aromatic rings. The van der Waals surface area contributed by atoms with Crippen molar-refractivity contribution in [1.29, 1.82) is 0 Å². The zero-order valence-corrected chi connectivity index (χ0v) is 21.6. The molecule has 196 valence electrons. The number of carbonyl (C=O) groups excluding carboxylic acids is 1. The second kappa shape index (κ2) is 11.1. The first kappa shape index (κ1) is 27.8. The molecule has 3 rings (SSSR count). The fraction of sp³-hybridized carbons (Fsp3) is 0.333. The summed E-state index contributed by atoms with van der Waals surface area (Å²) in [6.45, 7) is 3.33. The summed E-state index contributed by atoms with van der Waals surface area (Å²) in [4.78, 5) is 24.8. The van der Waals surface area contributed by atoms with E-state index < -0.39 is 35.0 Å². The zero-order valence-electron chi connectivity index (χ0n) is 19.1. The summed E-state index contributed by atoms with van der Waals surface area (Å²) in [5.74, 6) is 4.85. The standard InChI is InChI=1S/C21H25N3O9S3/c1-2-24(9-5-3-4-6-18(25)23-22)14-8-7-13-10-15(21(26)33-16(13)11-14)20-17(35(27,28)29)12-19(34-20)36(30,31)32/h7-8,10-12H,2-6,9,22H2,1H3,(H,23,25)(H,27,28,29)(H,30,31,32). The van der Waals surface area contributed by atoms with E-state index >= 15 is 0 Å². The van der Waals surface area contributed by atoms with Crippen LogP contribution < -0.4 is 21.8 Å². The number of nitrogens with two attached hydrogens (primary N) is 1. The summed E-state index contributed by atoms with van der Waals surface area (Å²) in [5.41, 5.74) is 1.86. The molecule has 36 heavy (non-hydrogen) atoms. The van der Waals surface area contributed by atoms with Gasteiger partial charge in [-0.3, -0.25) is 19.3 Å². The van der Waals surface area contributed by atoms with Crippen molar-refractivity contribution >= 4 is 54.1 Å². The van der Waals surface area contributed by atoms with E-state index in [0.717, 1.165) is 18.5 Å². The van der Waals surface area contributed by atoms with Gasteiger partial charge in [-0.25, -0.2) is 10.6 Å². The van der Waals surface area contributed by atoms with Crippen LogP contribution in [0.1, 0.15) is 32.6 Å². The van der Waals surface area contributed by atoms with Gasteiger partial charge in [0.1, 0.15) is 14.7 Å². The molecule has 0 aliphatic carbocycles. The molecule has 0 unspecified atom stereocenters. The molecule has 12 nitrogen and oxygen atoms in total. The van der Waals surface area contributed by atoms with Crippen LogP contribution in [0.5, 0.6) is 0 Å². The molecule has 0 saturated carbocycles. The predicted molar refractivity (Wildman–Crippen MR) is 134 cm³/mol. The minimum atomic E-state index is -4.91. The van der Waals surface area contributed by atoms with E-state index in [0.29, 0.717) is 48.7 Å². The fourth-order valence-corrected chi connectivity index (χ4v) is 6.55. The van der Waals surface area contributed by atoms with Gasteiger partial charge in [0.05, 0.1) is 10.4 Å². The summed E-state index contributed by atoms with van der Waals surface area (Å²) in [6, 6.07) is 7.03. The van der Waals surface area contributed by atoms with E-state index in [1.54, 1.807) is 18.2 Å². The lowest BCUT2D eigenvalue weighted by Crippen LogP contribution is -2.29. The SMILES string of the molecule is CCN(CCCCCC(=O)NN)c1ccc2cc(-c3sc(S(=O)(=O)O)cc3S(=O)(=O)O)c(=O)oc2c1. The lowest BCUT2D eigenvalue weighted by molar-refractivity contribution is -0.121. The zero-order chi connectivity index (χ0) is 26.7. The highest BCUT2D eigenvalue weighted by Gasteiger charge is 2.27. The molecule has 0 aliphatic rings. The number of hydrazine groups is 1. The van der Waals surface area contributed by atoms with Crippen LogP contribution >= 0.6 is 11.3 Å². The van der Waals surface area contributed by atoms with Crippen LogP contribution in [0.2, 0.25) is 0 Å². The van der Waals surface area contributed by atoms with Crippen LogP contribution in [-0.4, -0.2) is 44.9 Å². The third-order valence-corrected chi connectivity index (χ3v) is 8.89. The van der Waals surface area contributed by atoms with Gasteiger partial charge in [0.2, 0.25) is 5.91 Å². The van der Waals surface area contributed by atoms with Crippen LogP contribution in [-0.2, 0) is 25.0 Å². The number of rotatable bonds is 11. The van der Waals surface area contributed by atoms with Gasteiger partial charge in [-0.05, 0) is 44.0 Å². The molecule has 0 spiro atoms. The van der Waals surface area contributed by atoms with Crippen molar-refractivity contribution in [2.24, 2.45) is 5.84 Å². The van der Waals surface area contributed by atoms with E-state index in [9.17, 15) is 35.5 Å². The maximum atomic E-state index is 12.7. The number of amides is 1. The molecule has 1 amide bonds. The lowest BCUT2D eigenvalue weighted by Gasteiger charge is -2.23. The molecule has 5 N–H and O–H groups in total. The van der Waals surface area contributed by atoms with Gasteiger partial charge in [0, 0.05) is 36.7 Å². The average Bonchev–Trinajstić information content (AvgIpc) is 3.27. The molecule has 0 saturated heterocycles. The number of nitrogens with zero attached hydrogens (tertiary/aromatic N) is 1. The molecule has 0 bridgehead atoms. The van der Waals surface area contributed by atoms with Gasteiger partial charge in [-0.2, -0.15) is 16.8 Å². The van der Waals surface area contributed by atoms with Crippen molar-refractivity contribution in [1.82, 2.24) is 5.43 Å². The average molecular weight is 560 g/mol. The van der Waals surface area contributed by atoms with Crippen molar-refractivity contribution in [3.05, 3.63) is 40.8 Å². The van der Waals surface area contributed by atoms with Gasteiger partial charge in [-0.1, -0.05) is 6.42 Å². The quantitative estimate of drug-likeness (QED) is 0.0672. The summed E-state index contributed by atoms with van der Waals surface area (Å²) in [7, 11) is -9.70. The van der Waals surface area contributed by atoms with Crippen molar-refractivity contribution in [3.8, 4) is 10.4 Å². The highest BCUT2D eigenvalue weighted by atomic mass is 32.3. The number of carbonyl (C=O) groups is 1. The first-order chi connectivity index (χ1) is 16.8. The van der Waals surface area contributed by atoms with Crippen molar-refractivity contribution < 1.29 is 35.2 Å². The van der Waals surface area contributed by atoms with Gasteiger partial charge in [0.15, 0.2) is 0 Å². The van der Waals surface area contributed by atoms with Crippen molar-refractivity contribution in [2.45, 2.75) is 41.7 Å². The Morgan fingerprint density at radius 3 is 2.42 bits per heavy atom. The topological polar surface area (TPSA) is 197 Å². The second-order valence-electron chi connectivity index (χ2n) is 7.84. The highest BCUT2D eigenvalue weighted by molar-refractivity contribution is 7.89. The third kappa shape index (κ3) is 6.48. The Hall–Kier alpha value is -2.82. The summed E-state index contributed by atoms with van der Waals surface area (Å²) >= 11 is 0.320. The molecule has 0 fully saturated rings. The Morgan fingerprint density at radius 1 is 1.08 bits per heavy atom. The van der Waals surface area contributed by atoms with Gasteiger partial charge in [-0.15, -0.1) is 11.3 Å². The van der Waals surface area contributed by atoms with Gasteiger partial charge in [0.25, 0.3) is 10.1 Å². The first-order valence-electron chi connectivity index (χ1n) is 10.8. The monoisotopic (exact) mass is 559 g/mol. The van der Waals surface area contributed by atoms with E-state index in [1.807, 2.05) is 6.92 Å². The normalized spacial score (nSPS) is 12.1. The number of unbranched alkanes of at least 4 members (excludes halogenated alkanes) is 2. The van der Waals surface area contributed by atoms with E-state index in [1.165, 1.54) is 6.07 Å². The number of thiophene rings is 1. The number of nitrogens with one attached hydrogen (secondary N) is 1. The molecule has 15 heteroatoms. The maximum Gasteiger partial charge on any atom is 0.345 e. The summed E-state index contributed by atoms with van der Waals surface area (Å²) in [5, 5.41) is 0.431. The van der Waals surface area contributed by atoms with Crippen molar-refractivity contribution in [3.63, 3.8) is 0 Å². The summed E-state index contributed by atoms with van der Waals surface area (Å²) < 4.78 is 70.1.